The number of amides is 2. The van der Waals surface area contributed by atoms with Gasteiger partial charge in [-0.15, -0.1) is 0 Å². The van der Waals surface area contributed by atoms with E-state index in [2.05, 4.69) is 20.5 Å². The van der Waals surface area contributed by atoms with Crippen LogP contribution in [0.3, 0.4) is 0 Å². The van der Waals surface area contributed by atoms with Gasteiger partial charge in [-0.05, 0) is 43.2 Å². The molecule has 1 aliphatic carbocycles. The van der Waals surface area contributed by atoms with Crippen molar-refractivity contribution in [2.45, 2.75) is 38.8 Å². The first kappa shape index (κ1) is 20.3. The Hall–Kier alpha value is -2.03. The molecule has 0 bridgehead atoms. The lowest BCUT2D eigenvalue weighted by molar-refractivity contribution is -0.121. The second-order valence-corrected chi connectivity index (χ2v) is 9.29. The number of nitrogens with zero attached hydrogens (tertiary/aromatic N) is 2. The molecule has 1 aromatic carbocycles. The summed E-state index contributed by atoms with van der Waals surface area (Å²) in [7, 11) is 1.71. The molecular formula is C21H28N4O3S. The maximum atomic E-state index is 12.6. The Balaban J connectivity index is 1.35. The zero-order chi connectivity index (χ0) is 20.5. The fourth-order valence-corrected chi connectivity index (χ4v) is 5.77. The van der Waals surface area contributed by atoms with Crippen molar-refractivity contribution in [3.63, 3.8) is 0 Å². The van der Waals surface area contributed by atoms with Gasteiger partial charge in [0, 0.05) is 27.1 Å². The van der Waals surface area contributed by atoms with E-state index in [9.17, 15) is 9.59 Å². The molecule has 2 fully saturated rings. The molecule has 1 saturated carbocycles. The first-order valence-corrected chi connectivity index (χ1v) is 10.9. The van der Waals surface area contributed by atoms with Crippen LogP contribution in [0.25, 0.3) is 10.2 Å². The fraction of sp³-hybridized carbons (Fsp3) is 0.571. The van der Waals surface area contributed by atoms with Crippen molar-refractivity contribution in [3.8, 4) is 0 Å². The molecule has 2 heterocycles. The van der Waals surface area contributed by atoms with Crippen LogP contribution in [0.5, 0.6) is 0 Å². The van der Waals surface area contributed by atoms with Gasteiger partial charge in [-0.25, -0.2) is 4.98 Å². The third-order valence-corrected chi connectivity index (χ3v) is 7.05. The van der Waals surface area contributed by atoms with Gasteiger partial charge in [0.05, 0.1) is 28.9 Å². The van der Waals surface area contributed by atoms with Gasteiger partial charge in [-0.1, -0.05) is 23.5 Å². The van der Waals surface area contributed by atoms with Crippen molar-refractivity contribution in [1.29, 1.82) is 0 Å². The van der Waals surface area contributed by atoms with Crippen LogP contribution >= 0.6 is 11.3 Å². The maximum absolute atomic E-state index is 12.6. The van der Waals surface area contributed by atoms with Crippen LogP contribution in [-0.4, -0.2) is 60.6 Å². The number of benzene rings is 1. The molecule has 0 spiro atoms. The molecule has 2 amide bonds. The average Bonchev–Trinajstić information content (AvgIpc) is 3.23. The predicted molar refractivity (Wildman–Crippen MR) is 114 cm³/mol. The van der Waals surface area contributed by atoms with Crippen LogP contribution in [0.15, 0.2) is 18.2 Å². The van der Waals surface area contributed by atoms with Crippen molar-refractivity contribution < 1.29 is 14.3 Å². The number of nitrogens with one attached hydrogen (secondary N) is 2. The first-order chi connectivity index (χ1) is 13.9. The lowest BCUT2D eigenvalue weighted by atomic mass is 9.77. The van der Waals surface area contributed by atoms with Crippen molar-refractivity contribution in [2.75, 3.05) is 32.1 Å². The van der Waals surface area contributed by atoms with Crippen LogP contribution in [0, 0.1) is 18.8 Å². The van der Waals surface area contributed by atoms with Crippen molar-refractivity contribution in [1.82, 2.24) is 15.2 Å². The highest BCUT2D eigenvalue weighted by atomic mass is 32.1. The summed E-state index contributed by atoms with van der Waals surface area (Å²) >= 11 is 1.51. The minimum atomic E-state index is -0.0259. The van der Waals surface area contributed by atoms with Gasteiger partial charge < -0.3 is 15.4 Å². The molecule has 4 rings (SSSR count). The number of rotatable bonds is 5. The summed E-state index contributed by atoms with van der Waals surface area (Å²) in [5, 5.41) is 6.65. The minimum Gasteiger partial charge on any atom is -0.379 e. The lowest BCUT2D eigenvalue weighted by Gasteiger charge is -2.37. The van der Waals surface area contributed by atoms with Gasteiger partial charge in [0.1, 0.15) is 0 Å². The fourth-order valence-electron chi connectivity index (χ4n) is 4.81. The van der Waals surface area contributed by atoms with E-state index >= 15 is 0 Å². The maximum Gasteiger partial charge on any atom is 0.240 e. The largest absolute Gasteiger partial charge is 0.379 e. The Morgan fingerprint density at radius 3 is 2.72 bits per heavy atom. The molecule has 1 aromatic heterocycles. The molecule has 2 aliphatic rings. The number of hydrogen-bond donors (Lipinski definition) is 2. The second kappa shape index (κ2) is 8.38. The SMILES string of the molecule is CO[C@@H]1C[C@H]2CN(CC(=O)Nc3nc4c(C)cccc4s3)C[C@H]2C[C@H]1NC(C)=O. The summed E-state index contributed by atoms with van der Waals surface area (Å²) in [4.78, 5) is 30.9. The number of anilines is 1. The number of thiazole rings is 1. The van der Waals surface area contributed by atoms with E-state index in [0.29, 0.717) is 23.5 Å². The number of likely N-dealkylation sites (tertiary alicyclic amines) is 1. The van der Waals surface area contributed by atoms with E-state index in [1.54, 1.807) is 14.0 Å². The highest BCUT2D eigenvalue weighted by molar-refractivity contribution is 7.22. The second-order valence-electron chi connectivity index (χ2n) is 8.26. The van der Waals surface area contributed by atoms with E-state index < -0.39 is 0 Å². The Bertz CT molecular complexity index is 914. The monoisotopic (exact) mass is 416 g/mol. The van der Waals surface area contributed by atoms with E-state index in [1.165, 1.54) is 11.3 Å². The molecule has 156 valence electrons. The molecule has 1 aliphatic heterocycles. The van der Waals surface area contributed by atoms with E-state index in [0.717, 1.165) is 41.7 Å². The van der Waals surface area contributed by atoms with E-state index in [-0.39, 0.29) is 24.0 Å². The van der Waals surface area contributed by atoms with Gasteiger partial charge in [-0.3, -0.25) is 14.5 Å². The quantitative estimate of drug-likeness (QED) is 0.782. The average molecular weight is 417 g/mol. The summed E-state index contributed by atoms with van der Waals surface area (Å²) in [5.74, 6) is 0.942. The Morgan fingerprint density at radius 2 is 2.03 bits per heavy atom. The van der Waals surface area contributed by atoms with Crippen LogP contribution in [0.1, 0.15) is 25.3 Å². The van der Waals surface area contributed by atoms with E-state index in [1.807, 2.05) is 25.1 Å². The normalized spacial score (nSPS) is 27.0. The number of aryl methyl sites for hydroxylation is 1. The number of hydrogen-bond acceptors (Lipinski definition) is 6. The van der Waals surface area contributed by atoms with Gasteiger partial charge >= 0.3 is 0 Å². The van der Waals surface area contributed by atoms with Crippen LogP contribution in [0.2, 0.25) is 0 Å². The van der Waals surface area contributed by atoms with Gasteiger partial charge in [-0.2, -0.15) is 0 Å². The summed E-state index contributed by atoms with van der Waals surface area (Å²) < 4.78 is 6.71. The minimum absolute atomic E-state index is 0.0178. The summed E-state index contributed by atoms with van der Waals surface area (Å²) in [5.41, 5.74) is 2.07. The highest BCUT2D eigenvalue weighted by Crippen LogP contribution is 2.37. The molecule has 1 saturated heterocycles. The molecule has 8 heteroatoms. The summed E-state index contributed by atoms with van der Waals surface area (Å²) in [6.07, 6.45) is 1.86. The van der Waals surface area contributed by atoms with Crippen LogP contribution in [0.4, 0.5) is 5.13 Å². The molecule has 29 heavy (non-hydrogen) atoms. The third kappa shape index (κ3) is 4.44. The molecule has 4 atom stereocenters. The van der Waals surface area contributed by atoms with Gasteiger partial charge in [0.15, 0.2) is 5.13 Å². The molecule has 2 N–H and O–H groups in total. The van der Waals surface area contributed by atoms with Crippen molar-refractivity contribution >= 4 is 38.5 Å². The van der Waals surface area contributed by atoms with Gasteiger partial charge in [0.2, 0.25) is 11.8 Å². The van der Waals surface area contributed by atoms with Gasteiger partial charge in [0.25, 0.3) is 0 Å². The highest BCUT2D eigenvalue weighted by Gasteiger charge is 2.42. The molecule has 2 aromatic rings. The third-order valence-electron chi connectivity index (χ3n) is 6.12. The zero-order valence-electron chi connectivity index (χ0n) is 17.1. The molecular weight excluding hydrogens is 388 g/mol. The molecule has 0 unspecified atom stereocenters. The first-order valence-electron chi connectivity index (χ1n) is 10.1. The number of aromatic nitrogens is 1. The molecule has 7 nitrogen and oxygen atoms in total. The number of methoxy groups -OCH3 is 1. The smallest absolute Gasteiger partial charge is 0.240 e. The molecule has 0 radical (unpaired) electrons. The van der Waals surface area contributed by atoms with E-state index in [4.69, 9.17) is 4.74 Å². The van der Waals surface area contributed by atoms with Crippen molar-refractivity contribution in [2.24, 2.45) is 11.8 Å². The number of para-hydroxylation sites is 1. The number of carbonyl (C=O) groups excluding carboxylic acids is 2. The summed E-state index contributed by atoms with van der Waals surface area (Å²) in [6.45, 7) is 5.71. The lowest BCUT2D eigenvalue weighted by Crippen LogP contribution is -2.49. The number of carbonyl (C=O) groups is 2. The Kier molecular flexibility index (Phi) is 5.85. The Labute approximate surface area is 174 Å². The van der Waals surface area contributed by atoms with Crippen molar-refractivity contribution in [3.05, 3.63) is 23.8 Å². The predicted octanol–water partition coefficient (Wildman–Crippen LogP) is 2.40. The topological polar surface area (TPSA) is 83.6 Å². The number of ether oxygens (including phenoxy) is 1. The standard InChI is InChI=1S/C21H28N4O3S/c1-12-5-4-6-18-20(12)24-21(29-18)23-19(27)11-25-9-14-7-16(22-13(2)26)17(28-3)8-15(14)10-25/h4-6,14-17H,7-11H2,1-3H3,(H,22,26)(H,23,24,27)/t14-,15+,16-,17-/m1/s1. The zero-order valence-corrected chi connectivity index (χ0v) is 17.9. The number of fused-ring (bicyclic) bond motifs is 2. The van der Waals surface area contributed by atoms with Crippen LogP contribution < -0.4 is 10.6 Å². The Morgan fingerprint density at radius 1 is 1.28 bits per heavy atom. The van der Waals surface area contributed by atoms with Crippen LogP contribution in [-0.2, 0) is 14.3 Å². The summed E-state index contributed by atoms with van der Waals surface area (Å²) in [6, 6.07) is 6.12.